The standard InChI is InChI=1S/C23H24ClN3O2S/c1-14-3-4-17(11-15(14)2)22(29)25-13-21(28)27-9-7-16(8-10-27)23-26-19-12-18(24)5-6-20(19)30-23/h3-6,11-12,16H,7-10,13H2,1-2H3,(H,25,29). The molecule has 1 aliphatic heterocycles. The van der Waals surface area contributed by atoms with Gasteiger partial charge in [-0.05, 0) is 68.1 Å². The third kappa shape index (κ3) is 4.50. The minimum atomic E-state index is -0.213. The number of piperidine rings is 1. The number of amides is 2. The Hall–Kier alpha value is -2.44. The fourth-order valence-electron chi connectivity index (χ4n) is 3.72. The highest BCUT2D eigenvalue weighted by molar-refractivity contribution is 7.18. The third-order valence-electron chi connectivity index (χ3n) is 5.73. The highest BCUT2D eigenvalue weighted by Crippen LogP contribution is 2.34. The van der Waals surface area contributed by atoms with Crippen LogP contribution in [-0.2, 0) is 4.79 Å². The summed E-state index contributed by atoms with van der Waals surface area (Å²) in [6.45, 7) is 5.37. The van der Waals surface area contributed by atoms with Crippen LogP contribution in [0, 0.1) is 13.8 Å². The molecule has 2 amide bonds. The van der Waals surface area contributed by atoms with E-state index in [0.717, 1.165) is 39.2 Å². The maximum Gasteiger partial charge on any atom is 0.251 e. The Morgan fingerprint density at radius 1 is 1.13 bits per heavy atom. The summed E-state index contributed by atoms with van der Waals surface area (Å²) in [5.74, 6) is 0.103. The van der Waals surface area contributed by atoms with Crippen molar-refractivity contribution in [2.75, 3.05) is 19.6 Å². The molecule has 1 aliphatic rings. The van der Waals surface area contributed by atoms with Crippen LogP contribution in [0.2, 0.25) is 5.02 Å². The first kappa shape index (κ1) is 20.8. The number of aryl methyl sites for hydroxylation is 2. The zero-order valence-electron chi connectivity index (χ0n) is 17.1. The third-order valence-corrected chi connectivity index (χ3v) is 7.17. The number of fused-ring (bicyclic) bond motifs is 1. The summed E-state index contributed by atoms with van der Waals surface area (Å²) in [5.41, 5.74) is 3.73. The van der Waals surface area contributed by atoms with E-state index in [1.54, 1.807) is 17.4 Å². The number of benzene rings is 2. The zero-order chi connectivity index (χ0) is 21.3. The first-order chi connectivity index (χ1) is 14.4. The molecule has 0 bridgehead atoms. The van der Waals surface area contributed by atoms with Crippen LogP contribution in [0.15, 0.2) is 36.4 Å². The molecule has 7 heteroatoms. The van der Waals surface area contributed by atoms with Crippen LogP contribution in [0.25, 0.3) is 10.2 Å². The molecule has 0 atom stereocenters. The van der Waals surface area contributed by atoms with Crippen molar-refractivity contribution in [3.8, 4) is 0 Å². The first-order valence-corrected chi connectivity index (χ1v) is 11.3. The normalized spacial score (nSPS) is 14.8. The van der Waals surface area contributed by atoms with E-state index in [9.17, 15) is 9.59 Å². The lowest BCUT2D eigenvalue weighted by molar-refractivity contribution is -0.131. The fourth-order valence-corrected chi connectivity index (χ4v) is 5.00. The second kappa shape index (κ2) is 8.74. The predicted molar refractivity (Wildman–Crippen MR) is 121 cm³/mol. The lowest BCUT2D eigenvalue weighted by atomic mass is 9.97. The number of hydrogen-bond acceptors (Lipinski definition) is 4. The smallest absolute Gasteiger partial charge is 0.251 e. The van der Waals surface area contributed by atoms with Gasteiger partial charge in [0, 0.05) is 29.6 Å². The Kier molecular flexibility index (Phi) is 6.06. The van der Waals surface area contributed by atoms with E-state index in [-0.39, 0.29) is 18.4 Å². The van der Waals surface area contributed by atoms with Gasteiger partial charge in [0.15, 0.2) is 0 Å². The molecule has 0 radical (unpaired) electrons. The van der Waals surface area contributed by atoms with E-state index >= 15 is 0 Å². The van der Waals surface area contributed by atoms with Crippen molar-refractivity contribution in [2.24, 2.45) is 0 Å². The van der Waals surface area contributed by atoms with Gasteiger partial charge in [-0.2, -0.15) is 0 Å². The number of thiazole rings is 1. The SMILES string of the molecule is Cc1ccc(C(=O)NCC(=O)N2CCC(c3nc4cc(Cl)ccc4s3)CC2)cc1C. The van der Waals surface area contributed by atoms with Crippen molar-refractivity contribution < 1.29 is 9.59 Å². The molecular formula is C23H24ClN3O2S. The Bertz CT molecular complexity index is 1100. The number of likely N-dealkylation sites (tertiary alicyclic amines) is 1. The molecule has 30 heavy (non-hydrogen) atoms. The molecule has 4 rings (SSSR count). The maximum atomic E-state index is 12.6. The lowest BCUT2D eigenvalue weighted by Crippen LogP contribution is -2.43. The quantitative estimate of drug-likeness (QED) is 0.638. The maximum absolute atomic E-state index is 12.6. The van der Waals surface area contributed by atoms with Gasteiger partial charge >= 0.3 is 0 Å². The summed E-state index contributed by atoms with van der Waals surface area (Å²) in [7, 11) is 0. The number of carbonyl (C=O) groups excluding carboxylic acids is 2. The molecule has 156 valence electrons. The van der Waals surface area contributed by atoms with Gasteiger partial charge in [0.2, 0.25) is 5.91 Å². The largest absolute Gasteiger partial charge is 0.343 e. The predicted octanol–water partition coefficient (Wildman–Crippen LogP) is 4.70. The Morgan fingerprint density at radius 2 is 1.90 bits per heavy atom. The van der Waals surface area contributed by atoms with Gasteiger partial charge in [-0.25, -0.2) is 4.98 Å². The summed E-state index contributed by atoms with van der Waals surface area (Å²) in [6, 6.07) is 11.4. The molecule has 2 heterocycles. The molecule has 0 spiro atoms. The van der Waals surface area contributed by atoms with Gasteiger partial charge in [-0.1, -0.05) is 17.7 Å². The van der Waals surface area contributed by atoms with Crippen LogP contribution in [0.1, 0.15) is 45.3 Å². The van der Waals surface area contributed by atoms with E-state index in [1.165, 1.54) is 0 Å². The summed E-state index contributed by atoms with van der Waals surface area (Å²) < 4.78 is 1.14. The van der Waals surface area contributed by atoms with Crippen LogP contribution >= 0.6 is 22.9 Å². The van der Waals surface area contributed by atoms with Crippen molar-refractivity contribution in [2.45, 2.75) is 32.6 Å². The Labute approximate surface area is 185 Å². The molecule has 0 saturated carbocycles. The van der Waals surface area contributed by atoms with Crippen LogP contribution < -0.4 is 5.32 Å². The summed E-state index contributed by atoms with van der Waals surface area (Å²) in [6.07, 6.45) is 1.76. The number of carbonyl (C=O) groups is 2. The van der Waals surface area contributed by atoms with Crippen molar-refractivity contribution in [3.63, 3.8) is 0 Å². The number of rotatable bonds is 4. The van der Waals surface area contributed by atoms with Crippen molar-refractivity contribution in [1.82, 2.24) is 15.2 Å². The molecule has 1 saturated heterocycles. The summed E-state index contributed by atoms with van der Waals surface area (Å²) >= 11 is 7.77. The van der Waals surface area contributed by atoms with Gasteiger partial charge in [0.05, 0.1) is 21.8 Å². The minimum Gasteiger partial charge on any atom is -0.343 e. The average molecular weight is 442 g/mol. The monoisotopic (exact) mass is 441 g/mol. The summed E-state index contributed by atoms with van der Waals surface area (Å²) in [5, 5.41) is 4.57. The number of hydrogen-bond donors (Lipinski definition) is 1. The first-order valence-electron chi connectivity index (χ1n) is 10.1. The van der Waals surface area contributed by atoms with E-state index in [4.69, 9.17) is 16.6 Å². The molecule has 2 aromatic carbocycles. The van der Waals surface area contributed by atoms with Crippen LogP contribution in [-0.4, -0.2) is 41.3 Å². The summed E-state index contributed by atoms with van der Waals surface area (Å²) in [4.78, 5) is 31.5. The van der Waals surface area contributed by atoms with Gasteiger partial charge < -0.3 is 10.2 Å². The Balaban J connectivity index is 1.30. The molecule has 3 aromatic rings. The molecule has 1 aromatic heterocycles. The molecular weight excluding hydrogens is 418 g/mol. The molecule has 1 N–H and O–H groups in total. The second-order valence-electron chi connectivity index (χ2n) is 7.80. The van der Waals surface area contributed by atoms with E-state index in [1.807, 2.05) is 49.1 Å². The van der Waals surface area contributed by atoms with Gasteiger partial charge in [0.25, 0.3) is 5.91 Å². The van der Waals surface area contributed by atoms with Crippen LogP contribution in [0.5, 0.6) is 0 Å². The highest BCUT2D eigenvalue weighted by atomic mass is 35.5. The fraction of sp³-hybridized carbons (Fsp3) is 0.348. The van der Waals surface area contributed by atoms with Crippen LogP contribution in [0.4, 0.5) is 0 Å². The van der Waals surface area contributed by atoms with Crippen molar-refractivity contribution in [1.29, 1.82) is 0 Å². The zero-order valence-corrected chi connectivity index (χ0v) is 18.6. The van der Waals surface area contributed by atoms with Gasteiger partial charge in [0.1, 0.15) is 0 Å². The minimum absolute atomic E-state index is 0.0239. The molecule has 0 aliphatic carbocycles. The van der Waals surface area contributed by atoms with E-state index in [0.29, 0.717) is 29.6 Å². The highest BCUT2D eigenvalue weighted by Gasteiger charge is 2.26. The lowest BCUT2D eigenvalue weighted by Gasteiger charge is -2.31. The molecule has 0 unspecified atom stereocenters. The topological polar surface area (TPSA) is 62.3 Å². The van der Waals surface area contributed by atoms with Crippen molar-refractivity contribution >= 4 is 45.0 Å². The number of nitrogens with one attached hydrogen (secondary N) is 1. The number of halogens is 1. The van der Waals surface area contributed by atoms with Crippen molar-refractivity contribution in [3.05, 3.63) is 63.1 Å². The van der Waals surface area contributed by atoms with Crippen LogP contribution in [0.3, 0.4) is 0 Å². The second-order valence-corrected chi connectivity index (χ2v) is 9.30. The average Bonchev–Trinajstić information content (AvgIpc) is 3.17. The molecule has 5 nitrogen and oxygen atoms in total. The number of nitrogens with zero attached hydrogens (tertiary/aromatic N) is 2. The number of aromatic nitrogens is 1. The Morgan fingerprint density at radius 3 is 2.63 bits per heavy atom. The van der Waals surface area contributed by atoms with E-state index in [2.05, 4.69) is 5.32 Å². The molecule has 1 fully saturated rings. The van der Waals surface area contributed by atoms with E-state index < -0.39 is 0 Å². The van der Waals surface area contributed by atoms with Gasteiger partial charge in [-0.15, -0.1) is 11.3 Å². The van der Waals surface area contributed by atoms with Gasteiger partial charge in [-0.3, -0.25) is 9.59 Å².